The molecule has 6 aromatic carbocycles. The van der Waals surface area contributed by atoms with Crippen molar-refractivity contribution in [2.75, 3.05) is 0 Å². The Hall–Kier alpha value is -5.89. The van der Waals surface area contributed by atoms with Crippen LogP contribution in [0.15, 0.2) is 152 Å². The van der Waals surface area contributed by atoms with Crippen LogP contribution in [0.25, 0.3) is 72.8 Å². The number of fused-ring (bicyclic) bond motifs is 3. The lowest BCUT2D eigenvalue weighted by molar-refractivity contribution is 0.426. The highest BCUT2D eigenvalue weighted by molar-refractivity contribution is 6.59. The lowest BCUT2D eigenvalue weighted by Crippen LogP contribution is -2.29. The summed E-state index contributed by atoms with van der Waals surface area (Å²) >= 11 is 0. The van der Waals surface area contributed by atoms with Crippen molar-refractivity contribution >= 4 is 34.4 Å². The van der Waals surface area contributed by atoms with E-state index in [-0.39, 0.29) is 0 Å². The van der Waals surface area contributed by atoms with Crippen LogP contribution >= 0.6 is 0 Å². The van der Waals surface area contributed by atoms with E-state index in [2.05, 4.69) is 53.1 Å². The third-order valence-electron chi connectivity index (χ3n) is 8.27. The predicted molar refractivity (Wildman–Crippen MR) is 186 cm³/mol. The van der Waals surface area contributed by atoms with Gasteiger partial charge < -0.3 is 14.6 Å². The minimum atomic E-state index is -1.52. The standard InChI is InChI=1S/C39H27BN4O2/c45-40(46)31-20-23-36-34(25-31)33-16-7-8-17-35(33)44(36)32-21-18-26(19-22-32)29-14-9-15-30(24-29)39-42-37(27-10-3-1-4-11-27)41-38(43-39)28-12-5-2-6-13-28/h1-25,45-46H. The number of nitrogens with zero attached hydrogens (tertiary/aromatic N) is 4. The van der Waals surface area contributed by atoms with Crippen molar-refractivity contribution in [3.8, 4) is 51.0 Å². The lowest BCUT2D eigenvalue weighted by atomic mass is 9.80. The molecule has 6 nitrogen and oxygen atoms in total. The van der Waals surface area contributed by atoms with Crippen LogP contribution < -0.4 is 5.46 Å². The summed E-state index contributed by atoms with van der Waals surface area (Å²) in [6.45, 7) is 0. The Balaban J connectivity index is 1.19. The molecule has 0 radical (unpaired) electrons. The molecule has 46 heavy (non-hydrogen) atoms. The molecule has 0 unspecified atom stereocenters. The molecule has 0 aliphatic carbocycles. The van der Waals surface area contributed by atoms with Crippen molar-refractivity contribution in [3.05, 3.63) is 152 Å². The van der Waals surface area contributed by atoms with Crippen molar-refractivity contribution < 1.29 is 10.0 Å². The van der Waals surface area contributed by atoms with Crippen LogP contribution in [0.5, 0.6) is 0 Å². The van der Waals surface area contributed by atoms with Crippen molar-refractivity contribution in [1.82, 2.24) is 19.5 Å². The van der Waals surface area contributed by atoms with Gasteiger partial charge in [-0.3, -0.25) is 0 Å². The molecule has 218 valence electrons. The maximum absolute atomic E-state index is 9.78. The van der Waals surface area contributed by atoms with E-state index >= 15 is 0 Å². The topological polar surface area (TPSA) is 84.1 Å². The van der Waals surface area contributed by atoms with Crippen LogP contribution in [0.1, 0.15) is 0 Å². The van der Waals surface area contributed by atoms with Gasteiger partial charge in [-0.25, -0.2) is 15.0 Å². The van der Waals surface area contributed by atoms with E-state index in [1.54, 1.807) is 6.07 Å². The Morgan fingerprint density at radius 1 is 0.413 bits per heavy atom. The fraction of sp³-hybridized carbons (Fsp3) is 0. The Labute approximate surface area is 266 Å². The zero-order chi connectivity index (χ0) is 31.0. The third kappa shape index (κ3) is 5.04. The third-order valence-corrected chi connectivity index (χ3v) is 8.27. The average molecular weight is 594 g/mol. The van der Waals surface area contributed by atoms with Crippen molar-refractivity contribution in [1.29, 1.82) is 0 Å². The van der Waals surface area contributed by atoms with Gasteiger partial charge in [-0.05, 0) is 46.9 Å². The molecule has 0 aliphatic rings. The van der Waals surface area contributed by atoms with Crippen LogP contribution in [0.3, 0.4) is 0 Å². The summed E-state index contributed by atoms with van der Waals surface area (Å²) in [7, 11) is -1.52. The van der Waals surface area contributed by atoms with E-state index < -0.39 is 7.12 Å². The molecule has 0 bridgehead atoms. The Morgan fingerprint density at radius 3 is 1.61 bits per heavy atom. The maximum Gasteiger partial charge on any atom is 0.488 e. The van der Waals surface area contributed by atoms with E-state index in [1.807, 2.05) is 97.1 Å². The molecular weight excluding hydrogens is 567 g/mol. The van der Waals surface area contributed by atoms with Crippen molar-refractivity contribution in [2.24, 2.45) is 0 Å². The first-order valence-corrected chi connectivity index (χ1v) is 15.1. The van der Waals surface area contributed by atoms with Gasteiger partial charge in [0.05, 0.1) is 11.0 Å². The van der Waals surface area contributed by atoms with Gasteiger partial charge in [0.1, 0.15) is 0 Å². The minimum Gasteiger partial charge on any atom is -0.423 e. The van der Waals surface area contributed by atoms with E-state index in [0.717, 1.165) is 55.3 Å². The largest absolute Gasteiger partial charge is 0.488 e. The molecule has 0 fully saturated rings. The number of aromatic nitrogens is 4. The minimum absolute atomic E-state index is 0.468. The monoisotopic (exact) mass is 594 g/mol. The fourth-order valence-corrected chi connectivity index (χ4v) is 6.01. The maximum atomic E-state index is 9.78. The molecule has 7 heteroatoms. The smallest absolute Gasteiger partial charge is 0.423 e. The summed E-state index contributed by atoms with van der Waals surface area (Å²) in [6, 6.07) is 50.5. The number of para-hydroxylation sites is 1. The van der Waals surface area contributed by atoms with Gasteiger partial charge in [0, 0.05) is 33.2 Å². The normalized spacial score (nSPS) is 11.3. The lowest BCUT2D eigenvalue weighted by Gasteiger charge is -2.11. The van der Waals surface area contributed by atoms with Gasteiger partial charge in [-0.15, -0.1) is 0 Å². The van der Waals surface area contributed by atoms with Gasteiger partial charge >= 0.3 is 7.12 Å². The summed E-state index contributed by atoms with van der Waals surface area (Å²) in [6.07, 6.45) is 0. The molecular formula is C39H27BN4O2. The van der Waals surface area contributed by atoms with Gasteiger partial charge in [0.2, 0.25) is 0 Å². The summed E-state index contributed by atoms with van der Waals surface area (Å²) < 4.78 is 2.21. The van der Waals surface area contributed by atoms with Crippen molar-refractivity contribution in [2.45, 2.75) is 0 Å². The van der Waals surface area contributed by atoms with Gasteiger partial charge in [0.25, 0.3) is 0 Å². The van der Waals surface area contributed by atoms with Crippen LogP contribution in [-0.4, -0.2) is 36.7 Å². The Kier molecular flexibility index (Phi) is 6.95. The second kappa shape index (κ2) is 11.6. The van der Waals surface area contributed by atoms with Crippen LogP contribution in [0.2, 0.25) is 0 Å². The Bertz CT molecular complexity index is 2280. The van der Waals surface area contributed by atoms with Crippen LogP contribution in [-0.2, 0) is 0 Å². The fourth-order valence-electron chi connectivity index (χ4n) is 6.01. The first-order chi connectivity index (χ1) is 22.6. The molecule has 0 spiro atoms. The zero-order valence-corrected chi connectivity index (χ0v) is 24.7. The molecule has 2 heterocycles. The first kappa shape index (κ1) is 27.6. The molecule has 0 saturated heterocycles. The van der Waals surface area contributed by atoms with Crippen LogP contribution in [0.4, 0.5) is 0 Å². The summed E-state index contributed by atoms with van der Waals surface area (Å²) in [5, 5.41) is 21.6. The second-order valence-electron chi connectivity index (χ2n) is 11.2. The van der Waals surface area contributed by atoms with Crippen molar-refractivity contribution in [3.63, 3.8) is 0 Å². The highest BCUT2D eigenvalue weighted by atomic mass is 16.4. The molecule has 0 aliphatic heterocycles. The first-order valence-electron chi connectivity index (χ1n) is 15.1. The van der Waals surface area contributed by atoms with E-state index in [0.29, 0.717) is 22.9 Å². The van der Waals surface area contributed by atoms with E-state index in [9.17, 15) is 10.0 Å². The highest BCUT2D eigenvalue weighted by Crippen LogP contribution is 2.33. The molecule has 0 atom stereocenters. The Morgan fingerprint density at radius 2 is 0.957 bits per heavy atom. The van der Waals surface area contributed by atoms with Gasteiger partial charge in [-0.1, -0.05) is 121 Å². The predicted octanol–water partition coefficient (Wildman–Crippen LogP) is 7.32. The highest BCUT2D eigenvalue weighted by Gasteiger charge is 2.17. The molecule has 0 amide bonds. The van der Waals surface area contributed by atoms with Gasteiger partial charge in [0.15, 0.2) is 17.5 Å². The quantitative estimate of drug-likeness (QED) is 0.197. The zero-order valence-electron chi connectivity index (χ0n) is 24.7. The number of rotatable bonds is 6. The van der Waals surface area contributed by atoms with E-state index in [1.165, 1.54) is 0 Å². The average Bonchev–Trinajstić information content (AvgIpc) is 3.46. The molecule has 2 N–H and O–H groups in total. The van der Waals surface area contributed by atoms with Gasteiger partial charge in [-0.2, -0.15) is 0 Å². The molecule has 2 aromatic heterocycles. The number of hydrogen-bond acceptors (Lipinski definition) is 5. The SMILES string of the molecule is OB(O)c1ccc2c(c1)c1ccccc1n2-c1ccc(-c2cccc(-c3nc(-c4ccccc4)nc(-c4ccccc4)n3)c2)cc1. The second-order valence-corrected chi connectivity index (χ2v) is 11.2. The summed E-state index contributed by atoms with van der Waals surface area (Å²) in [4.78, 5) is 14.6. The molecule has 0 saturated carbocycles. The number of hydrogen-bond donors (Lipinski definition) is 2. The number of benzene rings is 6. The van der Waals surface area contributed by atoms with Crippen LogP contribution in [0, 0.1) is 0 Å². The molecule has 8 rings (SSSR count). The summed E-state index contributed by atoms with van der Waals surface area (Å²) in [5.74, 6) is 1.88. The molecule has 8 aromatic rings. The van der Waals surface area contributed by atoms with E-state index in [4.69, 9.17) is 15.0 Å². The summed E-state index contributed by atoms with van der Waals surface area (Å²) in [5.41, 5.74) is 8.43.